The predicted octanol–water partition coefficient (Wildman–Crippen LogP) is 5.14. The normalized spacial score (nSPS) is 11.9. The molecule has 0 spiro atoms. The van der Waals surface area contributed by atoms with Crippen LogP contribution >= 0.6 is 0 Å². The van der Waals surface area contributed by atoms with Crippen molar-refractivity contribution in [3.8, 4) is 11.1 Å². The van der Waals surface area contributed by atoms with E-state index in [9.17, 15) is 14.5 Å². The van der Waals surface area contributed by atoms with Gasteiger partial charge in [0.2, 0.25) is 0 Å². The summed E-state index contributed by atoms with van der Waals surface area (Å²) in [4.78, 5) is 10.3. The molecule has 0 bridgehead atoms. The standard InChI is InChI=1S/C20H16FNO3/c1-25-20(17-8-12-19(13-9-17)22(23)24)16-4-2-14(3-5-16)15-6-10-18(21)11-7-15/h2-13,20H,1H3. The number of hydrogen-bond donors (Lipinski definition) is 0. The predicted molar refractivity (Wildman–Crippen MR) is 93.8 cm³/mol. The van der Waals surface area contributed by atoms with E-state index >= 15 is 0 Å². The minimum Gasteiger partial charge on any atom is -0.372 e. The smallest absolute Gasteiger partial charge is 0.269 e. The number of nitro benzene ring substituents is 1. The Balaban J connectivity index is 1.86. The van der Waals surface area contributed by atoms with Crippen LogP contribution in [0.5, 0.6) is 0 Å². The highest BCUT2D eigenvalue weighted by Gasteiger charge is 2.15. The Labute approximate surface area is 144 Å². The molecule has 0 aliphatic rings. The van der Waals surface area contributed by atoms with Crippen molar-refractivity contribution in [1.82, 2.24) is 0 Å². The maximum atomic E-state index is 13.0. The topological polar surface area (TPSA) is 52.4 Å². The Morgan fingerprint density at radius 3 is 1.72 bits per heavy atom. The zero-order valence-corrected chi connectivity index (χ0v) is 13.6. The number of methoxy groups -OCH3 is 1. The molecular weight excluding hydrogens is 321 g/mol. The van der Waals surface area contributed by atoms with Crippen molar-refractivity contribution in [3.63, 3.8) is 0 Å². The van der Waals surface area contributed by atoms with E-state index in [-0.39, 0.29) is 17.6 Å². The van der Waals surface area contributed by atoms with Crippen LogP contribution in [0, 0.1) is 15.9 Å². The van der Waals surface area contributed by atoms with Gasteiger partial charge in [-0.1, -0.05) is 36.4 Å². The van der Waals surface area contributed by atoms with Crippen molar-refractivity contribution in [1.29, 1.82) is 0 Å². The lowest BCUT2D eigenvalue weighted by molar-refractivity contribution is -0.384. The summed E-state index contributed by atoms with van der Waals surface area (Å²) in [5, 5.41) is 10.8. The zero-order chi connectivity index (χ0) is 17.8. The summed E-state index contributed by atoms with van der Waals surface area (Å²) in [6, 6.07) is 20.4. The molecule has 0 heterocycles. The SMILES string of the molecule is COC(c1ccc(-c2ccc(F)cc2)cc1)c1ccc([N+](=O)[O-])cc1. The summed E-state index contributed by atoms with van der Waals surface area (Å²) in [6.07, 6.45) is -0.317. The Morgan fingerprint density at radius 2 is 1.28 bits per heavy atom. The van der Waals surface area contributed by atoms with E-state index in [0.29, 0.717) is 0 Å². The lowest BCUT2D eigenvalue weighted by atomic mass is 9.98. The highest BCUT2D eigenvalue weighted by Crippen LogP contribution is 2.29. The molecule has 1 unspecified atom stereocenters. The number of nitrogens with zero attached hydrogens (tertiary/aromatic N) is 1. The summed E-state index contributed by atoms with van der Waals surface area (Å²) in [5.74, 6) is -0.266. The Kier molecular flexibility index (Phi) is 4.86. The highest BCUT2D eigenvalue weighted by atomic mass is 19.1. The van der Waals surface area contributed by atoms with Crippen LogP contribution in [0.2, 0.25) is 0 Å². The quantitative estimate of drug-likeness (QED) is 0.479. The average molecular weight is 337 g/mol. The fourth-order valence-corrected chi connectivity index (χ4v) is 2.73. The molecule has 0 aliphatic heterocycles. The molecule has 3 aromatic rings. The van der Waals surface area contributed by atoms with Gasteiger partial charge in [0.15, 0.2) is 0 Å². The molecule has 1 atom stereocenters. The summed E-state index contributed by atoms with van der Waals surface area (Å²) < 4.78 is 18.6. The first-order valence-corrected chi connectivity index (χ1v) is 7.71. The lowest BCUT2D eigenvalue weighted by Gasteiger charge is -2.16. The molecule has 3 aromatic carbocycles. The van der Waals surface area contributed by atoms with E-state index in [1.807, 2.05) is 24.3 Å². The van der Waals surface area contributed by atoms with Gasteiger partial charge in [0.05, 0.1) is 4.92 Å². The summed E-state index contributed by atoms with van der Waals surface area (Å²) >= 11 is 0. The summed E-state index contributed by atoms with van der Waals surface area (Å²) in [7, 11) is 1.60. The first-order chi connectivity index (χ1) is 12.1. The number of halogens is 1. The van der Waals surface area contributed by atoms with Crippen molar-refractivity contribution in [2.24, 2.45) is 0 Å². The molecule has 0 saturated carbocycles. The molecule has 0 aromatic heterocycles. The molecule has 0 aliphatic carbocycles. The fourth-order valence-electron chi connectivity index (χ4n) is 2.73. The van der Waals surface area contributed by atoms with Crippen molar-refractivity contribution in [3.05, 3.63) is 99.9 Å². The number of ether oxygens (including phenoxy) is 1. The van der Waals surface area contributed by atoms with Crippen LogP contribution in [-0.4, -0.2) is 12.0 Å². The number of non-ortho nitro benzene ring substituents is 1. The van der Waals surface area contributed by atoms with Gasteiger partial charge in [-0.15, -0.1) is 0 Å². The molecule has 0 radical (unpaired) electrons. The van der Waals surface area contributed by atoms with Gasteiger partial charge < -0.3 is 4.74 Å². The van der Waals surface area contributed by atoms with Gasteiger partial charge in [0.1, 0.15) is 11.9 Å². The number of rotatable bonds is 5. The molecule has 0 amide bonds. The monoisotopic (exact) mass is 337 g/mol. The summed E-state index contributed by atoms with van der Waals surface area (Å²) in [6.45, 7) is 0. The molecule has 0 fully saturated rings. The molecular formula is C20H16FNO3. The number of nitro groups is 1. The van der Waals surface area contributed by atoms with Crippen LogP contribution in [0.15, 0.2) is 72.8 Å². The highest BCUT2D eigenvalue weighted by molar-refractivity contribution is 5.63. The van der Waals surface area contributed by atoms with Gasteiger partial charge in [-0.3, -0.25) is 10.1 Å². The van der Waals surface area contributed by atoms with Gasteiger partial charge in [-0.05, 0) is 46.5 Å². The average Bonchev–Trinajstić information content (AvgIpc) is 2.64. The minimum absolute atomic E-state index is 0.0465. The van der Waals surface area contributed by atoms with Crippen LogP contribution in [-0.2, 0) is 4.74 Å². The molecule has 25 heavy (non-hydrogen) atoms. The summed E-state index contributed by atoms with van der Waals surface area (Å²) in [5.41, 5.74) is 3.72. The molecule has 126 valence electrons. The van der Waals surface area contributed by atoms with Crippen LogP contribution in [0.4, 0.5) is 10.1 Å². The van der Waals surface area contributed by atoms with Gasteiger partial charge >= 0.3 is 0 Å². The van der Waals surface area contributed by atoms with Crippen molar-refractivity contribution < 1.29 is 14.1 Å². The Bertz CT molecular complexity index is 859. The van der Waals surface area contributed by atoms with E-state index in [4.69, 9.17) is 4.74 Å². The maximum Gasteiger partial charge on any atom is 0.269 e. The van der Waals surface area contributed by atoms with E-state index in [2.05, 4.69) is 0 Å². The second kappa shape index (κ2) is 7.23. The molecule has 4 nitrogen and oxygen atoms in total. The van der Waals surface area contributed by atoms with Crippen molar-refractivity contribution in [2.75, 3.05) is 7.11 Å². The zero-order valence-electron chi connectivity index (χ0n) is 13.6. The van der Waals surface area contributed by atoms with E-state index in [1.54, 1.807) is 31.4 Å². The Hall–Kier alpha value is -3.05. The maximum absolute atomic E-state index is 13.0. The van der Waals surface area contributed by atoms with E-state index in [1.165, 1.54) is 24.3 Å². The molecule has 0 saturated heterocycles. The van der Waals surface area contributed by atoms with E-state index in [0.717, 1.165) is 22.3 Å². The van der Waals surface area contributed by atoms with E-state index < -0.39 is 4.92 Å². The van der Waals surface area contributed by atoms with Gasteiger partial charge in [0.25, 0.3) is 5.69 Å². The van der Waals surface area contributed by atoms with Crippen molar-refractivity contribution >= 4 is 5.69 Å². The van der Waals surface area contributed by atoms with Gasteiger partial charge in [0, 0.05) is 19.2 Å². The number of hydrogen-bond acceptors (Lipinski definition) is 3. The molecule has 0 N–H and O–H groups in total. The minimum atomic E-state index is -0.428. The number of benzene rings is 3. The lowest BCUT2D eigenvalue weighted by Crippen LogP contribution is -2.03. The van der Waals surface area contributed by atoms with Crippen LogP contribution in [0.25, 0.3) is 11.1 Å². The fraction of sp³-hybridized carbons (Fsp3) is 0.100. The second-order valence-electron chi connectivity index (χ2n) is 5.59. The first kappa shape index (κ1) is 16.8. The third-order valence-corrected chi connectivity index (χ3v) is 4.03. The van der Waals surface area contributed by atoms with Crippen LogP contribution in [0.1, 0.15) is 17.2 Å². The molecule has 3 rings (SSSR count). The first-order valence-electron chi connectivity index (χ1n) is 7.71. The van der Waals surface area contributed by atoms with Gasteiger partial charge in [-0.25, -0.2) is 4.39 Å². The third kappa shape index (κ3) is 3.72. The molecule has 5 heteroatoms. The van der Waals surface area contributed by atoms with Gasteiger partial charge in [-0.2, -0.15) is 0 Å². The third-order valence-electron chi connectivity index (χ3n) is 4.03. The second-order valence-corrected chi connectivity index (χ2v) is 5.59. The van der Waals surface area contributed by atoms with Crippen molar-refractivity contribution in [2.45, 2.75) is 6.10 Å². The van der Waals surface area contributed by atoms with Crippen LogP contribution in [0.3, 0.4) is 0 Å². The van der Waals surface area contributed by atoms with Crippen LogP contribution < -0.4 is 0 Å². The largest absolute Gasteiger partial charge is 0.372 e. The Morgan fingerprint density at radius 1 is 0.840 bits per heavy atom.